The average molecular weight is 407 g/mol. The van der Waals surface area contributed by atoms with Gasteiger partial charge in [0.15, 0.2) is 17.4 Å². The summed E-state index contributed by atoms with van der Waals surface area (Å²) in [7, 11) is 0. The maximum absolute atomic E-state index is 13.5. The fourth-order valence-corrected chi connectivity index (χ4v) is 3.14. The van der Waals surface area contributed by atoms with Crippen LogP contribution in [0.15, 0.2) is 58.2 Å². The van der Waals surface area contributed by atoms with Crippen molar-refractivity contribution in [3.8, 4) is 0 Å². The van der Waals surface area contributed by atoms with E-state index < -0.39 is 29.5 Å². The predicted octanol–water partition coefficient (Wildman–Crippen LogP) is 4.24. The number of urea groups is 1. The van der Waals surface area contributed by atoms with Gasteiger partial charge in [0.1, 0.15) is 0 Å². The molecule has 1 atom stereocenters. The summed E-state index contributed by atoms with van der Waals surface area (Å²) in [6, 6.07) is 8.98. The minimum absolute atomic E-state index is 0.00574. The molecule has 0 saturated heterocycles. The second kappa shape index (κ2) is 6.76. The molecule has 25 heavy (non-hydrogen) atoms. The molecule has 2 aromatic carbocycles. The van der Waals surface area contributed by atoms with E-state index in [0.717, 1.165) is 16.6 Å². The van der Waals surface area contributed by atoms with Gasteiger partial charge in [-0.15, -0.1) is 0 Å². The Morgan fingerprint density at radius 2 is 1.88 bits per heavy atom. The lowest BCUT2D eigenvalue weighted by Crippen LogP contribution is -2.45. The molecule has 2 aromatic rings. The maximum Gasteiger partial charge on any atom is 0.319 e. The molecule has 3 rings (SSSR count). The van der Waals surface area contributed by atoms with E-state index in [1.807, 2.05) is 6.07 Å². The number of Topliss-reactive ketones (excluding diaryl/α,β-unsaturated/α-hetero) is 1. The number of hydrogen-bond acceptors (Lipinski definition) is 2. The Kier molecular flexibility index (Phi) is 4.67. The molecule has 0 aromatic heterocycles. The number of hydrogen-bond donors (Lipinski definition) is 2. The number of amides is 2. The first kappa shape index (κ1) is 17.3. The Bertz CT molecular complexity index is 912. The van der Waals surface area contributed by atoms with E-state index >= 15 is 0 Å². The second-order valence-corrected chi connectivity index (χ2v) is 6.50. The first-order valence-electron chi connectivity index (χ1n) is 7.40. The van der Waals surface area contributed by atoms with Gasteiger partial charge in [0.25, 0.3) is 0 Å². The van der Waals surface area contributed by atoms with Gasteiger partial charge in [-0.1, -0.05) is 28.1 Å². The third kappa shape index (κ3) is 3.46. The number of ketones is 1. The van der Waals surface area contributed by atoms with Gasteiger partial charge < -0.3 is 10.6 Å². The van der Waals surface area contributed by atoms with Crippen molar-refractivity contribution in [2.45, 2.75) is 13.0 Å². The van der Waals surface area contributed by atoms with Gasteiger partial charge in [0.05, 0.1) is 6.04 Å². The zero-order chi connectivity index (χ0) is 18.1. The van der Waals surface area contributed by atoms with Crippen LogP contribution >= 0.6 is 15.9 Å². The quantitative estimate of drug-likeness (QED) is 0.748. The van der Waals surface area contributed by atoms with Crippen molar-refractivity contribution in [3.05, 3.63) is 81.0 Å². The molecule has 0 spiro atoms. The number of rotatable bonds is 3. The fraction of sp³-hybridized carbons (Fsp3) is 0.111. The molecule has 128 valence electrons. The number of allylic oxidation sites excluding steroid dienone is 1. The van der Waals surface area contributed by atoms with Crippen molar-refractivity contribution in [1.29, 1.82) is 0 Å². The Balaban J connectivity index is 2.08. The molecule has 4 nitrogen and oxygen atoms in total. The lowest BCUT2D eigenvalue weighted by atomic mass is 9.89. The molecule has 1 unspecified atom stereocenters. The van der Waals surface area contributed by atoms with Crippen LogP contribution in [0, 0.1) is 11.6 Å². The topological polar surface area (TPSA) is 58.2 Å². The Morgan fingerprint density at radius 1 is 1.12 bits per heavy atom. The van der Waals surface area contributed by atoms with Gasteiger partial charge in [-0.3, -0.25) is 4.79 Å². The summed E-state index contributed by atoms with van der Waals surface area (Å²) < 4.78 is 27.4. The highest BCUT2D eigenvalue weighted by Gasteiger charge is 2.32. The predicted molar refractivity (Wildman–Crippen MR) is 91.9 cm³/mol. The number of nitrogens with one attached hydrogen (secondary N) is 2. The maximum atomic E-state index is 13.5. The standard InChI is InChI=1S/C18H13BrF2N2O2/c1-9-15(17(24)11-5-6-13(20)14(21)8-11)16(23-18(25)22-9)10-3-2-4-12(19)7-10/h2-8,16H,1H3,(H2,22,23,25). The molecule has 7 heteroatoms. The minimum Gasteiger partial charge on any atom is -0.327 e. The van der Waals surface area contributed by atoms with Crippen molar-refractivity contribution in [2.75, 3.05) is 0 Å². The summed E-state index contributed by atoms with van der Waals surface area (Å²) in [5.74, 6) is -2.62. The summed E-state index contributed by atoms with van der Waals surface area (Å²) >= 11 is 3.36. The van der Waals surface area contributed by atoms with Crippen LogP contribution in [0.5, 0.6) is 0 Å². The summed E-state index contributed by atoms with van der Waals surface area (Å²) in [5.41, 5.74) is 1.33. The first-order chi connectivity index (χ1) is 11.9. The van der Waals surface area contributed by atoms with Gasteiger partial charge in [-0.05, 0) is 42.8 Å². The normalized spacial score (nSPS) is 17.1. The molecular weight excluding hydrogens is 394 g/mol. The molecule has 0 radical (unpaired) electrons. The number of benzene rings is 2. The van der Waals surface area contributed by atoms with Gasteiger partial charge in [-0.2, -0.15) is 0 Å². The van der Waals surface area contributed by atoms with Crippen LogP contribution in [-0.4, -0.2) is 11.8 Å². The summed E-state index contributed by atoms with van der Waals surface area (Å²) in [6.07, 6.45) is 0. The van der Waals surface area contributed by atoms with Crippen molar-refractivity contribution in [1.82, 2.24) is 10.6 Å². The van der Waals surface area contributed by atoms with Crippen molar-refractivity contribution in [2.24, 2.45) is 0 Å². The third-order valence-corrected chi connectivity index (χ3v) is 4.37. The van der Waals surface area contributed by atoms with E-state index in [4.69, 9.17) is 0 Å². The van der Waals surface area contributed by atoms with Crippen LogP contribution in [0.4, 0.5) is 13.6 Å². The van der Waals surface area contributed by atoms with Crippen LogP contribution in [-0.2, 0) is 0 Å². The van der Waals surface area contributed by atoms with Gasteiger partial charge >= 0.3 is 6.03 Å². The largest absolute Gasteiger partial charge is 0.327 e. The highest BCUT2D eigenvalue weighted by atomic mass is 79.9. The minimum atomic E-state index is -1.10. The zero-order valence-electron chi connectivity index (χ0n) is 13.1. The smallest absolute Gasteiger partial charge is 0.319 e. The van der Waals surface area contributed by atoms with Crippen LogP contribution < -0.4 is 10.6 Å². The number of carbonyl (C=O) groups is 2. The lowest BCUT2D eigenvalue weighted by molar-refractivity contribution is 0.102. The summed E-state index contributed by atoms with van der Waals surface area (Å²) in [6.45, 7) is 1.59. The monoisotopic (exact) mass is 406 g/mol. The van der Waals surface area contributed by atoms with Crippen LogP contribution in [0.25, 0.3) is 0 Å². The molecule has 0 saturated carbocycles. The van der Waals surface area contributed by atoms with E-state index in [9.17, 15) is 18.4 Å². The van der Waals surface area contributed by atoms with Crippen LogP contribution in [0.3, 0.4) is 0 Å². The first-order valence-corrected chi connectivity index (χ1v) is 8.19. The molecule has 0 fully saturated rings. The number of carbonyl (C=O) groups excluding carboxylic acids is 2. The molecule has 2 amide bonds. The average Bonchev–Trinajstić information content (AvgIpc) is 2.56. The van der Waals surface area contributed by atoms with Crippen molar-refractivity contribution >= 4 is 27.7 Å². The van der Waals surface area contributed by atoms with E-state index in [2.05, 4.69) is 26.6 Å². The highest BCUT2D eigenvalue weighted by Crippen LogP contribution is 2.31. The molecule has 1 aliphatic rings. The molecule has 2 N–H and O–H groups in total. The zero-order valence-corrected chi connectivity index (χ0v) is 14.7. The highest BCUT2D eigenvalue weighted by molar-refractivity contribution is 9.10. The lowest BCUT2D eigenvalue weighted by Gasteiger charge is -2.28. The Morgan fingerprint density at radius 3 is 2.56 bits per heavy atom. The van der Waals surface area contributed by atoms with Crippen LogP contribution in [0.2, 0.25) is 0 Å². The molecule has 0 aliphatic carbocycles. The Hall–Kier alpha value is -2.54. The molecule has 0 bridgehead atoms. The SMILES string of the molecule is CC1=C(C(=O)c2ccc(F)c(F)c2)C(c2cccc(Br)c2)NC(=O)N1. The van der Waals surface area contributed by atoms with Gasteiger partial charge in [0, 0.05) is 21.3 Å². The number of halogens is 3. The van der Waals surface area contributed by atoms with E-state index in [1.54, 1.807) is 25.1 Å². The second-order valence-electron chi connectivity index (χ2n) is 5.58. The van der Waals surface area contributed by atoms with Gasteiger partial charge in [0.2, 0.25) is 0 Å². The molecular formula is C18H13BrF2N2O2. The summed E-state index contributed by atoms with van der Waals surface area (Å²) in [4.78, 5) is 24.8. The van der Waals surface area contributed by atoms with Gasteiger partial charge in [-0.25, -0.2) is 13.6 Å². The van der Waals surface area contributed by atoms with Crippen molar-refractivity contribution < 1.29 is 18.4 Å². The van der Waals surface area contributed by atoms with Crippen molar-refractivity contribution in [3.63, 3.8) is 0 Å². The van der Waals surface area contributed by atoms with E-state index in [1.165, 1.54) is 6.07 Å². The Labute approximate surface area is 151 Å². The third-order valence-electron chi connectivity index (χ3n) is 3.88. The summed E-state index contributed by atoms with van der Waals surface area (Å²) in [5, 5.41) is 5.25. The molecule has 1 heterocycles. The van der Waals surface area contributed by atoms with E-state index in [-0.39, 0.29) is 11.1 Å². The van der Waals surface area contributed by atoms with Crippen LogP contribution in [0.1, 0.15) is 28.9 Å². The molecule has 1 aliphatic heterocycles. The van der Waals surface area contributed by atoms with E-state index in [0.29, 0.717) is 11.3 Å². The fourth-order valence-electron chi connectivity index (χ4n) is 2.72.